The van der Waals surface area contributed by atoms with Crippen molar-refractivity contribution in [3.8, 4) is 33.7 Å². The van der Waals surface area contributed by atoms with Gasteiger partial charge >= 0.3 is 15.6 Å². The van der Waals surface area contributed by atoms with Gasteiger partial charge in [0, 0.05) is 28.1 Å². The average molecular weight is 544 g/mol. The van der Waals surface area contributed by atoms with Gasteiger partial charge in [-0.25, -0.2) is 0 Å². The van der Waals surface area contributed by atoms with Crippen molar-refractivity contribution in [1.29, 1.82) is 0 Å². The third-order valence-corrected chi connectivity index (χ3v) is 7.54. The zero-order valence-corrected chi connectivity index (χ0v) is 21.1. The van der Waals surface area contributed by atoms with Crippen LogP contribution < -0.4 is 4.18 Å². The quantitative estimate of drug-likeness (QED) is 0.162. The predicted octanol–water partition coefficient (Wildman–Crippen LogP) is 8.35. The summed E-state index contributed by atoms with van der Waals surface area (Å²) in [6.07, 6.45) is 0. The molecule has 6 aromatic rings. The van der Waals surface area contributed by atoms with Gasteiger partial charge in [-0.3, -0.25) is 0 Å². The fraction of sp³-hybridized carbons (Fsp3) is 0.0323. The van der Waals surface area contributed by atoms with Gasteiger partial charge in [-0.15, -0.1) is 0 Å². The van der Waals surface area contributed by atoms with Crippen molar-refractivity contribution in [2.75, 3.05) is 0 Å². The lowest BCUT2D eigenvalue weighted by atomic mass is 10.0. The summed E-state index contributed by atoms with van der Waals surface area (Å²) in [5.74, 6) is -0.406. The van der Waals surface area contributed by atoms with Crippen LogP contribution in [0.1, 0.15) is 0 Å². The Morgan fingerprint density at radius 3 is 1.79 bits per heavy atom. The first-order valence-electron chi connectivity index (χ1n) is 12.0. The summed E-state index contributed by atoms with van der Waals surface area (Å²) in [6, 6.07) is 36.9. The molecule has 0 saturated heterocycles. The van der Waals surface area contributed by atoms with Gasteiger partial charge < -0.3 is 8.75 Å². The van der Waals surface area contributed by atoms with E-state index in [9.17, 15) is 21.6 Å². The predicted molar refractivity (Wildman–Crippen MR) is 147 cm³/mol. The maximum atomic E-state index is 13.3. The number of rotatable bonds is 5. The molecule has 39 heavy (non-hydrogen) atoms. The third-order valence-electron chi connectivity index (χ3n) is 6.57. The summed E-state index contributed by atoms with van der Waals surface area (Å²) in [5.41, 5.74) is -0.674. The number of para-hydroxylation sites is 1. The van der Waals surface area contributed by atoms with Crippen LogP contribution in [0.2, 0.25) is 0 Å². The normalized spacial score (nSPS) is 12.2. The SMILES string of the molecule is O=S(=O)(Oc1cc2c(cc1-c1ccccc1)c1ccccc1n2-c1ccc(-c2ccccc2)cc1)C(F)(F)F. The van der Waals surface area contributed by atoms with Gasteiger partial charge in [0.1, 0.15) is 0 Å². The molecule has 0 unspecified atom stereocenters. The molecule has 0 bridgehead atoms. The van der Waals surface area contributed by atoms with Gasteiger partial charge in [-0.05, 0) is 41.0 Å². The minimum atomic E-state index is -5.90. The molecule has 0 spiro atoms. The lowest BCUT2D eigenvalue weighted by Crippen LogP contribution is -2.28. The summed E-state index contributed by atoms with van der Waals surface area (Å²) in [4.78, 5) is 0. The lowest BCUT2D eigenvalue weighted by molar-refractivity contribution is -0.0499. The summed E-state index contributed by atoms with van der Waals surface area (Å²) < 4.78 is 70.8. The van der Waals surface area contributed by atoms with Crippen LogP contribution in [0.3, 0.4) is 0 Å². The largest absolute Gasteiger partial charge is 0.534 e. The van der Waals surface area contributed by atoms with Crippen molar-refractivity contribution in [2.24, 2.45) is 0 Å². The molecular weight excluding hydrogens is 523 g/mol. The van der Waals surface area contributed by atoms with E-state index in [0.717, 1.165) is 33.1 Å². The van der Waals surface area contributed by atoms with Crippen molar-refractivity contribution >= 4 is 31.9 Å². The molecule has 0 saturated carbocycles. The minimum absolute atomic E-state index is 0.234. The fourth-order valence-electron chi connectivity index (χ4n) is 4.79. The number of benzene rings is 5. The Hall–Kier alpha value is -4.56. The van der Waals surface area contributed by atoms with Gasteiger partial charge in [0.25, 0.3) is 0 Å². The van der Waals surface area contributed by atoms with Crippen LogP contribution in [-0.4, -0.2) is 18.5 Å². The maximum absolute atomic E-state index is 13.3. The summed E-state index contributed by atoms with van der Waals surface area (Å²) in [6.45, 7) is 0. The topological polar surface area (TPSA) is 48.3 Å². The van der Waals surface area contributed by atoms with Crippen molar-refractivity contribution in [2.45, 2.75) is 5.51 Å². The van der Waals surface area contributed by atoms with Crippen molar-refractivity contribution in [3.63, 3.8) is 0 Å². The zero-order chi connectivity index (χ0) is 27.2. The van der Waals surface area contributed by atoms with E-state index in [0.29, 0.717) is 11.1 Å². The fourth-order valence-corrected chi connectivity index (χ4v) is 5.25. The van der Waals surface area contributed by atoms with E-state index < -0.39 is 21.4 Å². The molecule has 5 aromatic carbocycles. The number of fused-ring (bicyclic) bond motifs is 3. The first-order chi connectivity index (χ1) is 18.7. The zero-order valence-electron chi connectivity index (χ0n) is 20.3. The van der Waals surface area contributed by atoms with Gasteiger partial charge in [0.05, 0.1) is 11.0 Å². The molecule has 0 aliphatic rings. The summed E-state index contributed by atoms with van der Waals surface area (Å²) in [7, 11) is -5.90. The molecular formula is C31H20F3NO3S. The second-order valence-electron chi connectivity index (χ2n) is 8.98. The van der Waals surface area contributed by atoms with Crippen molar-refractivity contribution in [1.82, 2.24) is 4.57 Å². The molecule has 1 heterocycles. The van der Waals surface area contributed by atoms with E-state index in [-0.39, 0.29) is 5.56 Å². The minimum Gasteiger partial charge on any atom is -0.375 e. The molecule has 1 aromatic heterocycles. The van der Waals surface area contributed by atoms with Crippen LogP contribution in [0.5, 0.6) is 5.75 Å². The van der Waals surface area contributed by atoms with E-state index >= 15 is 0 Å². The van der Waals surface area contributed by atoms with Crippen LogP contribution in [0.4, 0.5) is 13.2 Å². The number of nitrogens with zero attached hydrogens (tertiary/aromatic N) is 1. The van der Waals surface area contributed by atoms with Crippen molar-refractivity contribution < 1.29 is 25.8 Å². The Kier molecular flexibility index (Phi) is 5.92. The highest BCUT2D eigenvalue weighted by atomic mass is 32.2. The second kappa shape index (κ2) is 9.32. The molecule has 0 N–H and O–H groups in total. The number of hydrogen-bond donors (Lipinski definition) is 0. The number of alkyl halides is 3. The Morgan fingerprint density at radius 1 is 0.590 bits per heavy atom. The van der Waals surface area contributed by atoms with Gasteiger partial charge in [-0.1, -0.05) is 91.0 Å². The highest BCUT2D eigenvalue weighted by Gasteiger charge is 2.49. The molecule has 0 aliphatic heterocycles. The summed E-state index contributed by atoms with van der Waals surface area (Å²) >= 11 is 0. The molecule has 0 fully saturated rings. The van der Waals surface area contributed by atoms with E-state index in [1.54, 1.807) is 36.4 Å². The number of halogens is 3. The first kappa shape index (κ1) is 24.8. The van der Waals surface area contributed by atoms with E-state index in [2.05, 4.69) is 0 Å². The Labute approximate surface area is 222 Å². The highest BCUT2D eigenvalue weighted by Crippen LogP contribution is 2.41. The molecule has 0 aliphatic carbocycles. The Morgan fingerprint density at radius 2 is 1.15 bits per heavy atom. The molecule has 0 atom stereocenters. The van der Waals surface area contributed by atoms with Crippen molar-refractivity contribution in [3.05, 3.63) is 121 Å². The monoisotopic (exact) mass is 543 g/mol. The molecule has 4 nitrogen and oxygen atoms in total. The molecule has 0 amide bonds. The number of hydrogen-bond acceptors (Lipinski definition) is 3. The number of aromatic nitrogens is 1. The van der Waals surface area contributed by atoms with E-state index in [1.165, 1.54) is 6.07 Å². The van der Waals surface area contributed by atoms with Gasteiger partial charge in [0.2, 0.25) is 0 Å². The third kappa shape index (κ3) is 4.42. The Balaban J connectivity index is 1.61. The molecule has 0 radical (unpaired) electrons. The lowest BCUT2D eigenvalue weighted by Gasteiger charge is -2.15. The molecule has 6 rings (SSSR count). The van der Waals surface area contributed by atoms with Crippen LogP contribution in [0, 0.1) is 0 Å². The smallest absolute Gasteiger partial charge is 0.375 e. The summed E-state index contributed by atoms with van der Waals surface area (Å²) in [5, 5.41) is 1.61. The first-order valence-corrected chi connectivity index (χ1v) is 13.4. The van der Waals surface area contributed by atoms with E-state index in [1.807, 2.05) is 83.4 Å². The average Bonchev–Trinajstić information content (AvgIpc) is 3.26. The second-order valence-corrected chi connectivity index (χ2v) is 10.5. The molecule has 194 valence electrons. The highest BCUT2D eigenvalue weighted by molar-refractivity contribution is 7.88. The van der Waals surface area contributed by atoms with Crippen LogP contribution in [0.15, 0.2) is 121 Å². The van der Waals surface area contributed by atoms with Crippen LogP contribution >= 0.6 is 0 Å². The van der Waals surface area contributed by atoms with Crippen LogP contribution in [0.25, 0.3) is 49.7 Å². The van der Waals surface area contributed by atoms with E-state index in [4.69, 9.17) is 4.18 Å². The van der Waals surface area contributed by atoms with Gasteiger partial charge in [0.15, 0.2) is 5.75 Å². The van der Waals surface area contributed by atoms with Crippen LogP contribution in [-0.2, 0) is 10.1 Å². The standard InChI is InChI=1S/C31H20F3NO3S/c32-31(33,34)39(36,37)38-30-20-29-27(19-26(30)23-11-5-2-6-12-23)25-13-7-8-14-28(25)35(29)24-17-15-22(16-18-24)21-9-3-1-4-10-21/h1-20H. The van der Waals surface area contributed by atoms with Gasteiger partial charge in [-0.2, -0.15) is 21.6 Å². The maximum Gasteiger partial charge on any atom is 0.534 e. The Bertz CT molecular complexity index is 1910. The molecule has 8 heteroatoms.